The summed E-state index contributed by atoms with van der Waals surface area (Å²) in [5, 5.41) is 6.80. The standard InChI is InChI=1S/C11H26N2/c1-3-5-9-13-11-8-6-7-10-12-4-2/h12-13H,3-11H2,1-2H3. The van der Waals surface area contributed by atoms with Crippen molar-refractivity contribution in [1.82, 2.24) is 10.6 Å². The highest BCUT2D eigenvalue weighted by Crippen LogP contribution is 1.92. The molecule has 0 fully saturated rings. The third kappa shape index (κ3) is 11.9. The van der Waals surface area contributed by atoms with Gasteiger partial charge in [0.2, 0.25) is 0 Å². The fraction of sp³-hybridized carbons (Fsp3) is 1.00. The highest BCUT2D eigenvalue weighted by Gasteiger charge is 1.89. The van der Waals surface area contributed by atoms with Gasteiger partial charge in [0.1, 0.15) is 0 Å². The van der Waals surface area contributed by atoms with Gasteiger partial charge >= 0.3 is 0 Å². The summed E-state index contributed by atoms with van der Waals surface area (Å²) >= 11 is 0. The van der Waals surface area contributed by atoms with E-state index in [0.29, 0.717) is 0 Å². The van der Waals surface area contributed by atoms with Crippen LogP contribution in [0.15, 0.2) is 0 Å². The number of unbranched alkanes of at least 4 members (excludes halogenated alkanes) is 3. The van der Waals surface area contributed by atoms with Gasteiger partial charge in [-0.15, -0.1) is 0 Å². The molecule has 80 valence electrons. The molecule has 0 bridgehead atoms. The average molecular weight is 186 g/mol. The molecule has 0 spiro atoms. The van der Waals surface area contributed by atoms with Gasteiger partial charge in [-0.05, 0) is 45.4 Å². The van der Waals surface area contributed by atoms with Crippen molar-refractivity contribution in [3.63, 3.8) is 0 Å². The van der Waals surface area contributed by atoms with Gasteiger partial charge in [0.05, 0.1) is 0 Å². The van der Waals surface area contributed by atoms with Gasteiger partial charge in [0.15, 0.2) is 0 Å². The van der Waals surface area contributed by atoms with Crippen LogP contribution in [0.2, 0.25) is 0 Å². The minimum absolute atomic E-state index is 1.11. The van der Waals surface area contributed by atoms with Crippen LogP contribution < -0.4 is 10.6 Å². The summed E-state index contributed by atoms with van der Waals surface area (Å²) in [4.78, 5) is 0. The molecule has 2 N–H and O–H groups in total. The molecule has 0 saturated carbocycles. The molecule has 0 aromatic carbocycles. The molecule has 0 amide bonds. The molecule has 0 aliphatic carbocycles. The van der Waals surface area contributed by atoms with Gasteiger partial charge in [0, 0.05) is 0 Å². The molecule has 0 radical (unpaired) electrons. The second kappa shape index (κ2) is 11.9. The number of hydrogen-bond acceptors (Lipinski definition) is 2. The van der Waals surface area contributed by atoms with Crippen molar-refractivity contribution >= 4 is 0 Å². The molecular weight excluding hydrogens is 160 g/mol. The normalized spacial score (nSPS) is 10.6. The first kappa shape index (κ1) is 12.9. The fourth-order valence-corrected chi connectivity index (χ4v) is 1.28. The Bertz CT molecular complexity index is 74.2. The predicted octanol–water partition coefficient (Wildman–Crippen LogP) is 2.16. The Kier molecular flexibility index (Phi) is 11.8. The van der Waals surface area contributed by atoms with Crippen LogP contribution in [0, 0.1) is 0 Å². The highest BCUT2D eigenvalue weighted by molar-refractivity contribution is 4.50. The number of rotatable bonds is 10. The Balaban J connectivity index is 2.76. The second-order valence-electron chi connectivity index (χ2n) is 3.52. The van der Waals surface area contributed by atoms with Crippen LogP contribution in [0.25, 0.3) is 0 Å². The maximum atomic E-state index is 3.46. The zero-order valence-corrected chi connectivity index (χ0v) is 9.36. The van der Waals surface area contributed by atoms with E-state index in [-0.39, 0.29) is 0 Å². The quantitative estimate of drug-likeness (QED) is 0.511. The fourth-order valence-electron chi connectivity index (χ4n) is 1.28. The Morgan fingerprint density at radius 1 is 0.692 bits per heavy atom. The summed E-state index contributed by atoms with van der Waals surface area (Å²) < 4.78 is 0. The van der Waals surface area contributed by atoms with Crippen molar-refractivity contribution in [2.24, 2.45) is 0 Å². The molecule has 0 aromatic heterocycles. The van der Waals surface area contributed by atoms with Crippen LogP contribution in [-0.4, -0.2) is 26.2 Å². The van der Waals surface area contributed by atoms with E-state index in [2.05, 4.69) is 24.5 Å². The molecule has 0 atom stereocenters. The van der Waals surface area contributed by atoms with E-state index < -0.39 is 0 Å². The Hall–Kier alpha value is -0.0800. The molecular formula is C11H26N2. The summed E-state index contributed by atoms with van der Waals surface area (Å²) in [6.07, 6.45) is 6.62. The minimum atomic E-state index is 1.11. The first-order chi connectivity index (χ1) is 6.41. The largest absolute Gasteiger partial charge is 0.317 e. The molecule has 0 unspecified atom stereocenters. The van der Waals surface area contributed by atoms with Crippen molar-refractivity contribution in [2.45, 2.75) is 46.0 Å². The second-order valence-corrected chi connectivity index (χ2v) is 3.52. The van der Waals surface area contributed by atoms with Gasteiger partial charge < -0.3 is 10.6 Å². The maximum absolute atomic E-state index is 3.46. The van der Waals surface area contributed by atoms with E-state index >= 15 is 0 Å². The van der Waals surface area contributed by atoms with E-state index in [1.807, 2.05) is 0 Å². The molecule has 2 nitrogen and oxygen atoms in total. The van der Waals surface area contributed by atoms with E-state index in [1.165, 1.54) is 51.7 Å². The third-order valence-corrected chi connectivity index (χ3v) is 2.16. The van der Waals surface area contributed by atoms with Crippen LogP contribution in [-0.2, 0) is 0 Å². The van der Waals surface area contributed by atoms with Crippen LogP contribution in [0.5, 0.6) is 0 Å². The summed E-state index contributed by atoms with van der Waals surface area (Å²) in [6.45, 7) is 9.08. The molecule has 0 heterocycles. The topological polar surface area (TPSA) is 24.1 Å². The first-order valence-electron chi connectivity index (χ1n) is 5.83. The molecule has 0 aliphatic rings. The summed E-state index contributed by atoms with van der Waals surface area (Å²) in [5.41, 5.74) is 0. The van der Waals surface area contributed by atoms with Crippen LogP contribution in [0.4, 0.5) is 0 Å². The van der Waals surface area contributed by atoms with Crippen molar-refractivity contribution in [2.75, 3.05) is 26.2 Å². The van der Waals surface area contributed by atoms with Gasteiger partial charge in [-0.1, -0.05) is 26.7 Å². The van der Waals surface area contributed by atoms with Gasteiger partial charge in [-0.2, -0.15) is 0 Å². The summed E-state index contributed by atoms with van der Waals surface area (Å²) in [6, 6.07) is 0. The third-order valence-electron chi connectivity index (χ3n) is 2.16. The Morgan fingerprint density at radius 3 is 1.92 bits per heavy atom. The van der Waals surface area contributed by atoms with Crippen molar-refractivity contribution in [3.8, 4) is 0 Å². The van der Waals surface area contributed by atoms with Crippen LogP contribution >= 0.6 is 0 Å². The smallest absolute Gasteiger partial charge is 0.00489 e. The van der Waals surface area contributed by atoms with E-state index in [9.17, 15) is 0 Å². The SMILES string of the molecule is CCCCNCCCCCNCC. The predicted molar refractivity (Wildman–Crippen MR) is 60.2 cm³/mol. The zero-order valence-electron chi connectivity index (χ0n) is 9.36. The van der Waals surface area contributed by atoms with Gasteiger partial charge in [-0.3, -0.25) is 0 Å². The molecule has 2 heteroatoms. The maximum Gasteiger partial charge on any atom is -0.00489 e. The molecule has 0 saturated heterocycles. The summed E-state index contributed by atoms with van der Waals surface area (Å²) in [5.74, 6) is 0. The van der Waals surface area contributed by atoms with Gasteiger partial charge in [-0.25, -0.2) is 0 Å². The van der Waals surface area contributed by atoms with Crippen LogP contribution in [0.3, 0.4) is 0 Å². The molecule has 0 aliphatic heterocycles. The lowest BCUT2D eigenvalue weighted by atomic mass is 10.2. The summed E-state index contributed by atoms with van der Waals surface area (Å²) in [7, 11) is 0. The highest BCUT2D eigenvalue weighted by atomic mass is 14.8. The molecule has 13 heavy (non-hydrogen) atoms. The lowest BCUT2D eigenvalue weighted by Crippen LogP contribution is -2.17. The minimum Gasteiger partial charge on any atom is -0.317 e. The molecule has 0 rings (SSSR count). The van der Waals surface area contributed by atoms with E-state index in [0.717, 1.165) is 6.54 Å². The van der Waals surface area contributed by atoms with E-state index in [1.54, 1.807) is 0 Å². The Morgan fingerprint density at radius 2 is 1.31 bits per heavy atom. The van der Waals surface area contributed by atoms with Gasteiger partial charge in [0.25, 0.3) is 0 Å². The van der Waals surface area contributed by atoms with Crippen molar-refractivity contribution in [3.05, 3.63) is 0 Å². The number of nitrogens with one attached hydrogen (secondary N) is 2. The van der Waals surface area contributed by atoms with Crippen LogP contribution in [0.1, 0.15) is 46.0 Å². The zero-order chi connectivity index (χ0) is 9.78. The lowest BCUT2D eigenvalue weighted by molar-refractivity contribution is 0.569. The monoisotopic (exact) mass is 186 g/mol. The molecule has 0 aromatic rings. The van der Waals surface area contributed by atoms with Crippen molar-refractivity contribution < 1.29 is 0 Å². The first-order valence-corrected chi connectivity index (χ1v) is 5.83. The average Bonchev–Trinajstić information content (AvgIpc) is 2.16. The van der Waals surface area contributed by atoms with Crippen molar-refractivity contribution in [1.29, 1.82) is 0 Å². The Labute approximate surface area is 83.5 Å². The van der Waals surface area contributed by atoms with E-state index in [4.69, 9.17) is 0 Å². The lowest BCUT2D eigenvalue weighted by Gasteiger charge is -2.03. The number of hydrogen-bond donors (Lipinski definition) is 2.